The fourth-order valence-electron chi connectivity index (χ4n) is 11.1. The van der Waals surface area contributed by atoms with Gasteiger partial charge in [0.05, 0.1) is 126 Å². The molecule has 0 fully saturated rings. The van der Waals surface area contributed by atoms with Crippen molar-refractivity contribution in [1.82, 2.24) is 0 Å². The number of carboxylic acid groups (broad SMARTS) is 1. The minimum atomic E-state index is -5.37. The third-order valence-electron chi connectivity index (χ3n) is 15.3. The molecule has 0 radical (unpaired) electrons. The van der Waals surface area contributed by atoms with E-state index in [9.17, 15) is 61.8 Å². The van der Waals surface area contributed by atoms with Gasteiger partial charge in [-0.3, -0.25) is 18.5 Å². The Morgan fingerprint density at radius 1 is 0.551 bits per heavy atom. The molecule has 0 spiro atoms. The van der Waals surface area contributed by atoms with E-state index in [-0.39, 0.29) is 100 Å². The van der Waals surface area contributed by atoms with Crippen molar-refractivity contribution in [2.45, 2.75) is 89.7 Å². The number of carboxylic acids is 1. The standard InChI is InChI=1S/C59H82N2O24S4/c1-6-60-49-16-14-45-47(39-43(86(64,65)66)41-51(45)88(70,71)72)56(49)58(2,18-21-78-27-29-82-35-37-84-33-31-80-25-23-76-4)53(60)11-10-12-54-59(3,19-22-79-28-30-83-36-38-85-34-32-81-26-24-77-5)57-48-40-44(87(67,68)69)42-52(89(73,74)75)46(48)15-17-50(57)61(54)20-9-7-8-13-55(62)63/h10-12,14-17,39-42H,6-9,13,18-38H2,1-5H3,(H4-,62,63,64,65,66,67,68,69,70,71,72,73,74,75). The van der Waals surface area contributed by atoms with E-state index in [0.29, 0.717) is 138 Å². The summed E-state index contributed by atoms with van der Waals surface area (Å²) in [6.45, 7) is 11.4. The van der Waals surface area contributed by atoms with E-state index in [0.717, 1.165) is 12.1 Å². The molecule has 89 heavy (non-hydrogen) atoms. The van der Waals surface area contributed by atoms with Gasteiger partial charge in [0.2, 0.25) is 5.69 Å². The maximum Gasteiger partial charge on any atom is 0.303 e. The third-order valence-corrected chi connectivity index (χ3v) is 18.8. The first-order valence-corrected chi connectivity index (χ1v) is 34.7. The second-order valence-corrected chi connectivity index (χ2v) is 26.9. The first kappa shape index (κ1) is 73.1. The smallest absolute Gasteiger partial charge is 0.303 e. The van der Waals surface area contributed by atoms with Gasteiger partial charge in [-0.05, 0) is 111 Å². The number of benzene rings is 4. The summed E-state index contributed by atoms with van der Waals surface area (Å²) in [5, 5.41) is 9.47. The van der Waals surface area contributed by atoms with E-state index in [1.807, 2.05) is 42.4 Å². The van der Waals surface area contributed by atoms with Gasteiger partial charge in [0.15, 0.2) is 5.71 Å². The van der Waals surface area contributed by atoms with Crippen molar-refractivity contribution in [2.75, 3.05) is 151 Å². The molecule has 4 N–H and O–H groups in total. The first-order valence-electron chi connectivity index (χ1n) is 29.0. The summed E-state index contributed by atoms with van der Waals surface area (Å²) in [6, 6.07) is 9.70. The van der Waals surface area contributed by atoms with Gasteiger partial charge < -0.3 is 61.9 Å². The van der Waals surface area contributed by atoms with Gasteiger partial charge in [0.1, 0.15) is 21.6 Å². The van der Waals surface area contributed by atoms with Crippen LogP contribution in [0.5, 0.6) is 0 Å². The zero-order valence-corrected chi connectivity index (χ0v) is 54.0. The lowest BCUT2D eigenvalue weighted by Crippen LogP contribution is -2.33. The zero-order chi connectivity index (χ0) is 65.0. The van der Waals surface area contributed by atoms with Crippen LogP contribution >= 0.6 is 0 Å². The maximum atomic E-state index is 13.0. The molecule has 30 heteroatoms. The highest BCUT2D eigenvalue weighted by Crippen LogP contribution is 2.54. The molecule has 26 nitrogen and oxygen atoms in total. The van der Waals surface area contributed by atoms with Crippen LogP contribution in [-0.4, -0.2) is 219 Å². The predicted octanol–water partition coefficient (Wildman–Crippen LogP) is 6.08. The van der Waals surface area contributed by atoms with Crippen molar-refractivity contribution in [3.63, 3.8) is 0 Å². The van der Waals surface area contributed by atoms with Crippen LogP contribution in [0.25, 0.3) is 21.5 Å². The van der Waals surface area contributed by atoms with Gasteiger partial charge in [-0.1, -0.05) is 18.6 Å². The van der Waals surface area contributed by atoms with Gasteiger partial charge in [-0.15, -0.1) is 0 Å². The van der Waals surface area contributed by atoms with Gasteiger partial charge in [-0.2, -0.15) is 29.8 Å². The maximum absolute atomic E-state index is 13.0. The fourth-order valence-corrected chi connectivity index (χ4v) is 13.8. The van der Waals surface area contributed by atoms with E-state index >= 15 is 0 Å². The van der Waals surface area contributed by atoms with Gasteiger partial charge >= 0.3 is 5.97 Å². The van der Waals surface area contributed by atoms with E-state index in [2.05, 4.69) is 0 Å². The summed E-state index contributed by atoms with van der Waals surface area (Å²) in [5.41, 5.74) is 0.673. The minimum Gasteiger partial charge on any atom is -0.744 e. The summed E-state index contributed by atoms with van der Waals surface area (Å²) in [4.78, 5) is 10.3. The molecule has 2 aliphatic rings. The van der Waals surface area contributed by atoms with Crippen molar-refractivity contribution in [2.24, 2.45) is 0 Å². The first-order chi connectivity index (χ1) is 42.2. The van der Waals surface area contributed by atoms with E-state index in [4.69, 9.17) is 47.4 Å². The molecule has 4 aromatic carbocycles. The lowest BCUT2D eigenvalue weighted by atomic mass is 9.74. The van der Waals surface area contributed by atoms with Crippen LogP contribution in [0.4, 0.5) is 11.4 Å². The average molecular weight is 1330 g/mol. The molecule has 496 valence electrons. The molecule has 0 saturated heterocycles. The number of hydrogen-bond acceptors (Lipinski definition) is 21. The van der Waals surface area contributed by atoms with E-state index in [1.165, 1.54) is 12.1 Å². The zero-order valence-electron chi connectivity index (χ0n) is 50.7. The summed E-state index contributed by atoms with van der Waals surface area (Å²) < 4.78 is 205. The second kappa shape index (κ2) is 33.6. The number of nitrogens with zero attached hydrogens (tertiary/aromatic N) is 2. The Hall–Kier alpha value is -4.94. The number of methoxy groups -OCH3 is 2. The van der Waals surface area contributed by atoms with Crippen molar-refractivity contribution < 1.29 is 114 Å². The third kappa shape index (κ3) is 19.6. The lowest BCUT2D eigenvalue weighted by Gasteiger charge is -2.31. The van der Waals surface area contributed by atoms with Crippen LogP contribution in [0, 0.1) is 0 Å². The number of hydrogen-bond donors (Lipinski definition) is 4. The number of unbranched alkanes of at least 4 members (excludes halogenated alkanes) is 2. The molecule has 2 aliphatic heterocycles. The summed E-state index contributed by atoms with van der Waals surface area (Å²) in [7, 11) is -17.5. The highest BCUT2D eigenvalue weighted by Gasteiger charge is 2.49. The number of fused-ring (bicyclic) bond motifs is 6. The fraction of sp³-hybridized carbons (Fsp3) is 0.559. The molecule has 0 bridgehead atoms. The van der Waals surface area contributed by atoms with Crippen LogP contribution < -0.4 is 4.90 Å². The Labute approximate surface area is 520 Å². The number of aliphatic carboxylic acids is 1. The molecule has 2 heterocycles. The SMILES string of the molecule is CC[N+]1=C(/C=C/C=C2/N(CCCCCC(=O)O)c3ccc4c(S(=O)(=O)[O-])cc(S(=O)(=O)O)cc4c3C2(C)CCOCCOCCOCCOCCOC)C(C)(CCOCCOCCOCCOCCOC)c2c1ccc1c(S(=O)(=O)O)cc(S(=O)(=O)O)cc21. The van der Waals surface area contributed by atoms with Crippen LogP contribution in [-0.2, 0) is 103 Å². The Bertz CT molecular complexity index is 3630. The molecule has 0 aromatic heterocycles. The average Bonchev–Trinajstić information content (AvgIpc) is 1.61. The van der Waals surface area contributed by atoms with Crippen LogP contribution in [0.3, 0.4) is 0 Å². The Balaban J connectivity index is 1.43. The summed E-state index contributed by atoms with van der Waals surface area (Å²) in [5.74, 6) is -0.974. The lowest BCUT2D eigenvalue weighted by molar-refractivity contribution is -0.433. The normalized spacial score (nSPS) is 17.8. The van der Waals surface area contributed by atoms with Crippen LogP contribution in [0.1, 0.15) is 70.4 Å². The molecule has 4 aromatic rings. The predicted molar refractivity (Wildman–Crippen MR) is 326 cm³/mol. The molecule has 0 aliphatic carbocycles. The number of allylic oxidation sites excluding steroid dienone is 4. The Morgan fingerprint density at radius 2 is 0.989 bits per heavy atom. The molecule has 2 unspecified atom stereocenters. The Kier molecular flexibility index (Phi) is 27.6. The monoisotopic (exact) mass is 1330 g/mol. The summed E-state index contributed by atoms with van der Waals surface area (Å²) in [6.07, 6.45) is 6.88. The van der Waals surface area contributed by atoms with Crippen LogP contribution in [0.2, 0.25) is 0 Å². The molecule has 0 saturated carbocycles. The number of ether oxygens (including phenoxy) is 10. The second-order valence-electron chi connectivity index (χ2n) is 21.3. The Morgan fingerprint density at radius 3 is 1.44 bits per heavy atom. The molecule has 2 atom stereocenters. The van der Waals surface area contributed by atoms with Gasteiger partial charge in [-0.25, -0.2) is 8.42 Å². The molecular weight excluding hydrogens is 1250 g/mol. The number of carbonyl (C=O) groups is 1. The minimum absolute atomic E-state index is 0.0273. The summed E-state index contributed by atoms with van der Waals surface area (Å²) >= 11 is 0. The highest BCUT2D eigenvalue weighted by atomic mass is 32.2. The quantitative estimate of drug-likeness (QED) is 0.0221. The van der Waals surface area contributed by atoms with Gasteiger partial charge in [0, 0.05) is 80.3 Å². The highest BCUT2D eigenvalue weighted by molar-refractivity contribution is 7.87. The van der Waals surface area contributed by atoms with E-state index in [1.54, 1.807) is 32.4 Å². The van der Waals surface area contributed by atoms with Gasteiger partial charge in [0.25, 0.3) is 30.4 Å². The molecule has 6 rings (SSSR count). The topological polar surface area (TPSA) is 356 Å². The molecular formula is C59H82N2O24S4. The number of anilines is 1. The van der Waals surface area contributed by atoms with Crippen LogP contribution in [0.15, 0.2) is 92.0 Å². The van der Waals surface area contributed by atoms with Crippen molar-refractivity contribution in [1.29, 1.82) is 0 Å². The molecule has 0 amide bonds. The van der Waals surface area contributed by atoms with Crippen molar-refractivity contribution in [3.8, 4) is 0 Å². The van der Waals surface area contributed by atoms with Crippen molar-refractivity contribution in [3.05, 3.63) is 83.6 Å². The van der Waals surface area contributed by atoms with E-state index < -0.39 is 76.9 Å². The van der Waals surface area contributed by atoms with Crippen molar-refractivity contribution >= 4 is 85.1 Å². The largest absolute Gasteiger partial charge is 0.744 e. The number of rotatable bonds is 43.